The van der Waals surface area contributed by atoms with Crippen molar-refractivity contribution < 1.29 is 19.1 Å². The lowest BCUT2D eigenvalue weighted by molar-refractivity contribution is -0.143. The first-order valence-corrected chi connectivity index (χ1v) is 7.44. The number of hydrogen-bond acceptors (Lipinski definition) is 4. The van der Waals surface area contributed by atoms with Crippen LogP contribution in [0.3, 0.4) is 0 Å². The molecule has 0 saturated heterocycles. The van der Waals surface area contributed by atoms with Crippen LogP contribution in [0.4, 0.5) is 4.79 Å². The van der Waals surface area contributed by atoms with Crippen molar-refractivity contribution in [1.82, 2.24) is 5.32 Å². The van der Waals surface area contributed by atoms with Gasteiger partial charge in [0, 0.05) is 6.42 Å². The molecule has 0 heterocycles. The molecule has 0 aliphatic carbocycles. The fourth-order valence-corrected chi connectivity index (χ4v) is 1.95. The summed E-state index contributed by atoms with van der Waals surface area (Å²) in [6.07, 6.45) is -0.325. The number of rotatable bonds is 5. The van der Waals surface area contributed by atoms with Gasteiger partial charge in [0.25, 0.3) is 0 Å². The Morgan fingerprint density at radius 3 is 2.22 bits per heavy atom. The molecule has 0 bridgehead atoms. The van der Waals surface area contributed by atoms with Crippen LogP contribution in [-0.2, 0) is 20.7 Å². The van der Waals surface area contributed by atoms with Gasteiger partial charge in [-0.25, -0.2) is 9.59 Å². The molecule has 5 nitrogen and oxygen atoms in total. The Kier molecular flexibility index (Phi) is 6.37. The molecule has 23 heavy (non-hydrogen) atoms. The highest BCUT2D eigenvalue weighted by molar-refractivity contribution is 5.81. The highest BCUT2D eigenvalue weighted by Crippen LogP contribution is 2.14. The largest absolute Gasteiger partial charge is 0.467 e. The number of nitrogens with one attached hydrogen (secondary N) is 1. The molecule has 1 N–H and O–H groups in total. The van der Waals surface area contributed by atoms with Gasteiger partial charge in [0.1, 0.15) is 11.6 Å². The Hall–Kier alpha value is -2.30. The number of methoxy groups -OCH3 is 1. The molecular formula is C18H25NO4. The number of hydrogen-bond donors (Lipinski definition) is 1. The number of carbonyl (C=O) groups is 2. The van der Waals surface area contributed by atoms with Gasteiger partial charge in [0.2, 0.25) is 0 Å². The van der Waals surface area contributed by atoms with Gasteiger partial charge in [0.15, 0.2) is 0 Å². The number of alkyl carbamates (subject to hydrolysis) is 1. The standard InChI is InChI=1S/C18H25NO4/c1-12(2)14-9-7-13(8-10-14)11-15(16(20)22-6)19-17(21)23-18(3,4)5/h7-10,15H,1,11H2,2-6H3,(H,19,21). The van der Waals surface area contributed by atoms with E-state index in [0.717, 1.165) is 16.7 Å². The Morgan fingerprint density at radius 2 is 1.78 bits per heavy atom. The van der Waals surface area contributed by atoms with E-state index in [4.69, 9.17) is 9.47 Å². The first-order valence-electron chi connectivity index (χ1n) is 7.44. The van der Waals surface area contributed by atoms with Crippen molar-refractivity contribution in [2.24, 2.45) is 0 Å². The summed E-state index contributed by atoms with van der Waals surface area (Å²) in [5.41, 5.74) is 2.27. The van der Waals surface area contributed by atoms with E-state index in [1.807, 2.05) is 31.2 Å². The summed E-state index contributed by atoms with van der Waals surface area (Å²) < 4.78 is 9.94. The van der Waals surface area contributed by atoms with Crippen molar-refractivity contribution in [2.75, 3.05) is 7.11 Å². The molecule has 0 fully saturated rings. The van der Waals surface area contributed by atoms with Crippen LogP contribution in [0.1, 0.15) is 38.8 Å². The molecule has 0 aliphatic rings. The van der Waals surface area contributed by atoms with E-state index in [1.165, 1.54) is 7.11 Å². The Morgan fingerprint density at radius 1 is 1.22 bits per heavy atom. The van der Waals surface area contributed by atoms with Crippen LogP contribution in [0.5, 0.6) is 0 Å². The second-order valence-electron chi connectivity index (χ2n) is 6.40. The van der Waals surface area contributed by atoms with E-state index in [9.17, 15) is 9.59 Å². The summed E-state index contributed by atoms with van der Waals surface area (Å²) >= 11 is 0. The fraction of sp³-hybridized carbons (Fsp3) is 0.444. The number of amides is 1. The normalized spacial score (nSPS) is 12.2. The second-order valence-corrected chi connectivity index (χ2v) is 6.40. The van der Waals surface area contributed by atoms with E-state index >= 15 is 0 Å². The second kappa shape index (κ2) is 7.81. The molecule has 0 radical (unpaired) electrons. The average Bonchev–Trinajstić information content (AvgIpc) is 2.44. The van der Waals surface area contributed by atoms with Crippen LogP contribution in [-0.4, -0.2) is 30.8 Å². The van der Waals surface area contributed by atoms with E-state index in [1.54, 1.807) is 20.8 Å². The predicted octanol–water partition coefficient (Wildman–Crippen LogP) is 3.33. The van der Waals surface area contributed by atoms with Gasteiger partial charge in [-0.1, -0.05) is 36.4 Å². The van der Waals surface area contributed by atoms with E-state index in [-0.39, 0.29) is 0 Å². The predicted molar refractivity (Wildman–Crippen MR) is 90.0 cm³/mol. The number of esters is 1. The third kappa shape index (κ3) is 6.55. The number of benzene rings is 1. The van der Waals surface area contributed by atoms with Crippen molar-refractivity contribution >= 4 is 17.6 Å². The van der Waals surface area contributed by atoms with E-state index in [2.05, 4.69) is 11.9 Å². The number of ether oxygens (including phenoxy) is 2. The summed E-state index contributed by atoms with van der Waals surface area (Å²) in [5.74, 6) is -0.514. The van der Waals surface area contributed by atoms with Crippen molar-refractivity contribution in [3.8, 4) is 0 Å². The first kappa shape index (κ1) is 18.7. The lowest BCUT2D eigenvalue weighted by atomic mass is 10.0. The van der Waals surface area contributed by atoms with Crippen molar-refractivity contribution in [3.05, 3.63) is 42.0 Å². The molecule has 1 rings (SSSR count). The maximum absolute atomic E-state index is 11.9. The minimum Gasteiger partial charge on any atom is -0.467 e. The van der Waals surface area contributed by atoms with Crippen LogP contribution in [0, 0.1) is 0 Å². The van der Waals surface area contributed by atoms with Crippen LogP contribution in [0.2, 0.25) is 0 Å². The molecule has 126 valence electrons. The zero-order valence-corrected chi connectivity index (χ0v) is 14.4. The molecule has 1 aromatic rings. The highest BCUT2D eigenvalue weighted by atomic mass is 16.6. The first-order chi connectivity index (χ1) is 10.6. The third-order valence-electron chi connectivity index (χ3n) is 3.06. The van der Waals surface area contributed by atoms with Gasteiger partial charge in [-0.2, -0.15) is 0 Å². The monoisotopic (exact) mass is 319 g/mol. The van der Waals surface area contributed by atoms with Gasteiger partial charge >= 0.3 is 12.1 Å². The molecule has 0 aliphatic heterocycles. The summed E-state index contributed by atoms with van der Waals surface area (Å²) in [4.78, 5) is 23.8. The van der Waals surface area contributed by atoms with Gasteiger partial charge in [0.05, 0.1) is 7.11 Å². The topological polar surface area (TPSA) is 64.6 Å². The minimum atomic E-state index is -0.800. The fourth-order valence-electron chi connectivity index (χ4n) is 1.95. The Balaban J connectivity index is 2.80. The quantitative estimate of drug-likeness (QED) is 0.846. The molecule has 0 spiro atoms. The van der Waals surface area contributed by atoms with Gasteiger partial charge in [-0.15, -0.1) is 0 Å². The van der Waals surface area contributed by atoms with E-state index < -0.39 is 23.7 Å². The number of carbonyl (C=O) groups excluding carboxylic acids is 2. The smallest absolute Gasteiger partial charge is 0.408 e. The zero-order chi connectivity index (χ0) is 17.6. The van der Waals surface area contributed by atoms with Crippen LogP contribution in [0.25, 0.3) is 5.57 Å². The van der Waals surface area contributed by atoms with Crippen molar-refractivity contribution in [3.63, 3.8) is 0 Å². The van der Waals surface area contributed by atoms with Crippen LogP contribution < -0.4 is 5.32 Å². The minimum absolute atomic E-state index is 0.322. The molecule has 1 aromatic carbocycles. The van der Waals surface area contributed by atoms with Crippen molar-refractivity contribution in [1.29, 1.82) is 0 Å². The average molecular weight is 319 g/mol. The molecule has 1 atom stereocenters. The molecule has 5 heteroatoms. The van der Waals surface area contributed by atoms with Gasteiger partial charge in [-0.3, -0.25) is 0 Å². The molecule has 0 saturated carbocycles. The van der Waals surface area contributed by atoms with Crippen LogP contribution >= 0.6 is 0 Å². The van der Waals surface area contributed by atoms with E-state index in [0.29, 0.717) is 6.42 Å². The highest BCUT2D eigenvalue weighted by Gasteiger charge is 2.25. The molecule has 0 aromatic heterocycles. The summed E-state index contributed by atoms with van der Waals surface area (Å²) in [5, 5.41) is 2.56. The maximum atomic E-state index is 11.9. The SMILES string of the molecule is C=C(C)c1ccc(CC(NC(=O)OC(C)(C)C)C(=O)OC)cc1. The van der Waals surface area contributed by atoms with Gasteiger partial charge in [-0.05, 0) is 38.8 Å². The lowest BCUT2D eigenvalue weighted by Gasteiger charge is -2.22. The van der Waals surface area contributed by atoms with Crippen LogP contribution in [0.15, 0.2) is 30.8 Å². The maximum Gasteiger partial charge on any atom is 0.408 e. The summed E-state index contributed by atoms with van der Waals surface area (Å²) in [6.45, 7) is 11.1. The number of allylic oxidation sites excluding steroid dienone is 1. The third-order valence-corrected chi connectivity index (χ3v) is 3.06. The zero-order valence-electron chi connectivity index (χ0n) is 14.4. The Bertz CT molecular complexity index is 570. The molecular weight excluding hydrogens is 294 g/mol. The Labute approximate surface area is 137 Å². The lowest BCUT2D eigenvalue weighted by Crippen LogP contribution is -2.45. The summed E-state index contributed by atoms with van der Waals surface area (Å²) in [7, 11) is 1.29. The van der Waals surface area contributed by atoms with Gasteiger partial charge < -0.3 is 14.8 Å². The molecule has 1 unspecified atom stereocenters. The summed E-state index contributed by atoms with van der Waals surface area (Å²) in [6, 6.07) is 6.86. The van der Waals surface area contributed by atoms with Crippen molar-refractivity contribution in [2.45, 2.75) is 45.8 Å². The molecule has 1 amide bonds.